The summed E-state index contributed by atoms with van der Waals surface area (Å²) in [6, 6.07) is 7.58. The molecule has 0 aliphatic rings. The minimum absolute atomic E-state index is 0.0743. The van der Waals surface area contributed by atoms with Gasteiger partial charge in [-0.2, -0.15) is 0 Å². The van der Waals surface area contributed by atoms with Crippen LogP contribution in [0.3, 0.4) is 0 Å². The molecular formula is C15H17BrN2O2. The van der Waals surface area contributed by atoms with Gasteiger partial charge in [0, 0.05) is 35.8 Å². The number of aromatic nitrogens is 1. The van der Waals surface area contributed by atoms with Crippen LogP contribution < -0.4 is 5.32 Å². The molecular weight excluding hydrogens is 320 g/mol. The molecule has 20 heavy (non-hydrogen) atoms. The lowest BCUT2D eigenvalue weighted by atomic mass is 10.1. The Labute approximate surface area is 126 Å². The summed E-state index contributed by atoms with van der Waals surface area (Å²) in [5.41, 5.74) is 2.32. The number of nitrogens with one attached hydrogen (secondary N) is 1. The molecule has 0 saturated heterocycles. The minimum Gasteiger partial charge on any atom is -0.385 e. The Morgan fingerprint density at radius 1 is 1.40 bits per heavy atom. The first-order chi connectivity index (χ1) is 9.61. The monoisotopic (exact) mass is 336 g/mol. The highest BCUT2D eigenvalue weighted by Crippen LogP contribution is 2.22. The van der Waals surface area contributed by atoms with Crippen molar-refractivity contribution in [3.8, 4) is 0 Å². The molecule has 1 heterocycles. The molecule has 5 heteroatoms. The van der Waals surface area contributed by atoms with Crippen LogP contribution in [0.1, 0.15) is 22.5 Å². The third-order valence-corrected chi connectivity index (χ3v) is 3.45. The predicted octanol–water partition coefficient (Wildman–Crippen LogP) is 3.07. The summed E-state index contributed by atoms with van der Waals surface area (Å²) < 4.78 is 5.90. The van der Waals surface area contributed by atoms with E-state index in [4.69, 9.17) is 4.74 Å². The Balaban J connectivity index is 2.27. The maximum absolute atomic E-state index is 12.3. The average molecular weight is 337 g/mol. The van der Waals surface area contributed by atoms with Crippen LogP contribution in [0.25, 0.3) is 10.9 Å². The van der Waals surface area contributed by atoms with Crippen molar-refractivity contribution in [2.24, 2.45) is 0 Å². The number of benzene rings is 1. The Bertz CT molecular complexity index is 629. The van der Waals surface area contributed by atoms with Gasteiger partial charge in [0.25, 0.3) is 5.91 Å². The largest absolute Gasteiger partial charge is 0.385 e. The normalized spacial score (nSPS) is 10.8. The van der Waals surface area contributed by atoms with Gasteiger partial charge in [-0.05, 0) is 37.6 Å². The second kappa shape index (κ2) is 6.81. The second-order valence-corrected chi connectivity index (χ2v) is 5.49. The van der Waals surface area contributed by atoms with E-state index in [0.717, 1.165) is 27.5 Å². The van der Waals surface area contributed by atoms with Crippen molar-refractivity contribution in [1.29, 1.82) is 0 Å². The first-order valence-electron chi connectivity index (χ1n) is 6.46. The molecule has 0 aliphatic heterocycles. The standard InChI is InChI=1S/C15H17BrN2O2/c1-10-8-13(15(19)17-6-3-7-20-2)12-9-11(16)4-5-14(12)18-10/h4-5,8-9H,3,6-7H2,1-2H3,(H,17,19). The Kier molecular flexibility index (Phi) is 5.09. The summed E-state index contributed by atoms with van der Waals surface area (Å²) >= 11 is 3.43. The Morgan fingerprint density at radius 3 is 2.95 bits per heavy atom. The number of ether oxygens (including phenoxy) is 1. The molecule has 0 atom stereocenters. The molecule has 0 fully saturated rings. The lowest BCUT2D eigenvalue weighted by molar-refractivity contribution is 0.0950. The van der Waals surface area contributed by atoms with Crippen LogP contribution in [-0.4, -0.2) is 31.2 Å². The third kappa shape index (κ3) is 3.55. The summed E-state index contributed by atoms with van der Waals surface area (Å²) in [6.45, 7) is 3.13. The molecule has 0 bridgehead atoms. The molecule has 2 rings (SSSR count). The van der Waals surface area contributed by atoms with Crippen molar-refractivity contribution < 1.29 is 9.53 Å². The maximum Gasteiger partial charge on any atom is 0.252 e. The predicted molar refractivity (Wildman–Crippen MR) is 83.0 cm³/mol. The van der Waals surface area contributed by atoms with E-state index in [2.05, 4.69) is 26.2 Å². The summed E-state index contributed by atoms with van der Waals surface area (Å²) in [7, 11) is 1.65. The van der Waals surface area contributed by atoms with Crippen LogP contribution in [0.2, 0.25) is 0 Å². The van der Waals surface area contributed by atoms with E-state index in [0.29, 0.717) is 18.7 Å². The number of fused-ring (bicyclic) bond motifs is 1. The number of hydrogen-bond acceptors (Lipinski definition) is 3. The van der Waals surface area contributed by atoms with Gasteiger partial charge in [-0.3, -0.25) is 9.78 Å². The highest BCUT2D eigenvalue weighted by Gasteiger charge is 2.11. The topological polar surface area (TPSA) is 51.2 Å². The maximum atomic E-state index is 12.3. The molecule has 1 aromatic carbocycles. The number of rotatable bonds is 5. The van der Waals surface area contributed by atoms with E-state index in [1.807, 2.05) is 31.2 Å². The molecule has 106 valence electrons. The third-order valence-electron chi connectivity index (χ3n) is 2.95. The molecule has 4 nitrogen and oxygen atoms in total. The van der Waals surface area contributed by atoms with Gasteiger partial charge in [-0.15, -0.1) is 0 Å². The van der Waals surface area contributed by atoms with E-state index in [1.165, 1.54) is 0 Å². The van der Waals surface area contributed by atoms with Crippen molar-refractivity contribution in [3.05, 3.63) is 40.0 Å². The number of pyridine rings is 1. The number of carbonyl (C=O) groups is 1. The number of carbonyl (C=O) groups excluding carboxylic acids is 1. The van der Waals surface area contributed by atoms with E-state index >= 15 is 0 Å². The van der Waals surface area contributed by atoms with Crippen LogP contribution in [-0.2, 0) is 4.74 Å². The van der Waals surface area contributed by atoms with Gasteiger partial charge in [0.1, 0.15) is 0 Å². The fourth-order valence-corrected chi connectivity index (χ4v) is 2.39. The quantitative estimate of drug-likeness (QED) is 0.853. The number of halogens is 1. The smallest absolute Gasteiger partial charge is 0.252 e. The second-order valence-electron chi connectivity index (χ2n) is 4.57. The van der Waals surface area contributed by atoms with Gasteiger partial charge in [-0.1, -0.05) is 15.9 Å². The molecule has 0 unspecified atom stereocenters. The van der Waals surface area contributed by atoms with E-state index in [9.17, 15) is 4.79 Å². The van der Waals surface area contributed by atoms with Gasteiger partial charge in [0.2, 0.25) is 0 Å². The van der Waals surface area contributed by atoms with Crippen molar-refractivity contribution in [1.82, 2.24) is 10.3 Å². The molecule has 1 N–H and O–H groups in total. The molecule has 1 amide bonds. The number of nitrogens with zero attached hydrogens (tertiary/aromatic N) is 1. The van der Waals surface area contributed by atoms with E-state index in [1.54, 1.807) is 7.11 Å². The minimum atomic E-state index is -0.0743. The fourth-order valence-electron chi connectivity index (χ4n) is 2.03. The zero-order valence-corrected chi connectivity index (χ0v) is 13.2. The number of aryl methyl sites for hydroxylation is 1. The highest BCUT2D eigenvalue weighted by atomic mass is 79.9. The van der Waals surface area contributed by atoms with Crippen molar-refractivity contribution in [2.45, 2.75) is 13.3 Å². The van der Waals surface area contributed by atoms with Gasteiger partial charge in [-0.25, -0.2) is 0 Å². The van der Waals surface area contributed by atoms with Crippen LogP contribution in [0.4, 0.5) is 0 Å². The van der Waals surface area contributed by atoms with Crippen molar-refractivity contribution in [2.75, 3.05) is 20.3 Å². The average Bonchev–Trinajstić information content (AvgIpc) is 2.43. The number of methoxy groups -OCH3 is 1. The Hall–Kier alpha value is -1.46. The van der Waals surface area contributed by atoms with Crippen LogP contribution in [0, 0.1) is 6.92 Å². The van der Waals surface area contributed by atoms with E-state index < -0.39 is 0 Å². The summed E-state index contributed by atoms with van der Waals surface area (Å²) in [5.74, 6) is -0.0743. The lowest BCUT2D eigenvalue weighted by Gasteiger charge is -2.09. The SMILES string of the molecule is COCCCNC(=O)c1cc(C)nc2ccc(Br)cc12. The summed E-state index contributed by atoms with van der Waals surface area (Å²) in [5, 5.41) is 3.77. The first-order valence-corrected chi connectivity index (χ1v) is 7.25. The van der Waals surface area contributed by atoms with E-state index in [-0.39, 0.29) is 5.91 Å². The molecule has 0 spiro atoms. The summed E-state index contributed by atoms with van der Waals surface area (Å²) in [6.07, 6.45) is 0.800. The van der Waals surface area contributed by atoms with Gasteiger partial charge in [0.15, 0.2) is 0 Å². The van der Waals surface area contributed by atoms with Gasteiger partial charge >= 0.3 is 0 Å². The Morgan fingerprint density at radius 2 is 2.20 bits per heavy atom. The zero-order chi connectivity index (χ0) is 14.5. The number of hydrogen-bond donors (Lipinski definition) is 1. The lowest BCUT2D eigenvalue weighted by Crippen LogP contribution is -2.25. The van der Waals surface area contributed by atoms with Crippen LogP contribution >= 0.6 is 15.9 Å². The molecule has 1 aromatic heterocycles. The molecule has 0 saturated carbocycles. The van der Waals surface area contributed by atoms with Crippen molar-refractivity contribution in [3.63, 3.8) is 0 Å². The first kappa shape index (κ1) is 14.9. The number of amides is 1. The highest BCUT2D eigenvalue weighted by molar-refractivity contribution is 9.10. The summed E-state index contributed by atoms with van der Waals surface area (Å²) in [4.78, 5) is 16.7. The van der Waals surface area contributed by atoms with Crippen LogP contribution in [0.15, 0.2) is 28.7 Å². The van der Waals surface area contributed by atoms with Crippen molar-refractivity contribution >= 4 is 32.7 Å². The van der Waals surface area contributed by atoms with Gasteiger partial charge < -0.3 is 10.1 Å². The zero-order valence-electron chi connectivity index (χ0n) is 11.6. The van der Waals surface area contributed by atoms with Gasteiger partial charge in [0.05, 0.1) is 11.1 Å². The molecule has 2 aromatic rings. The van der Waals surface area contributed by atoms with Crippen LogP contribution in [0.5, 0.6) is 0 Å². The molecule has 0 aliphatic carbocycles. The fraction of sp³-hybridized carbons (Fsp3) is 0.333. The molecule has 0 radical (unpaired) electrons.